The number of carbonyl (C=O) groups excluding carboxylic acids is 1. The molecule has 4 N–H and O–H groups in total. The summed E-state index contributed by atoms with van der Waals surface area (Å²) < 4.78 is 13.1. The van der Waals surface area contributed by atoms with Crippen molar-refractivity contribution in [3.8, 4) is 0 Å². The van der Waals surface area contributed by atoms with Crippen LogP contribution in [-0.2, 0) is 11.2 Å². The van der Waals surface area contributed by atoms with Crippen molar-refractivity contribution in [2.75, 3.05) is 19.7 Å². The molecule has 28 heavy (non-hydrogen) atoms. The lowest BCUT2D eigenvalue weighted by Gasteiger charge is -2.42. The maximum atomic E-state index is 13.1. The number of benzene rings is 1. The smallest absolute Gasteiger partial charge is 0.404 e. The fourth-order valence-electron chi connectivity index (χ4n) is 4.42. The van der Waals surface area contributed by atoms with E-state index in [-0.39, 0.29) is 36.3 Å². The Balaban J connectivity index is 1.68. The summed E-state index contributed by atoms with van der Waals surface area (Å²) >= 11 is 0. The standard InChI is InChI=1S/C20H28FN3O4/c21-15-7-5-13(6-8-15)9-16-11-24(18(12-25)19(26)22-16)10-14-3-1-2-4-17(14)23-20(27)28/h5-8,14,16-18,23,25H,1-4,9-12H2,(H,22,26)(H,27,28). The molecule has 0 radical (unpaired) electrons. The molecule has 2 aliphatic rings. The molecule has 154 valence electrons. The Morgan fingerprint density at radius 3 is 2.64 bits per heavy atom. The van der Waals surface area contributed by atoms with Gasteiger partial charge < -0.3 is 20.8 Å². The monoisotopic (exact) mass is 393 g/mol. The zero-order valence-corrected chi connectivity index (χ0v) is 15.8. The van der Waals surface area contributed by atoms with Gasteiger partial charge in [-0.05, 0) is 42.9 Å². The molecule has 1 heterocycles. The first-order valence-electron chi connectivity index (χ1n) is 9.85. The molecule has 0 bridgehead atoms. The summed E-state index contributed by atoms with van der Waals surface area (Å²) in [5.41, 5.74) is 0.928. The average Bonchev–Trinajstić information content (AvgIpc) is 2.65. The number of aliphatic hydroxyl groups is 1. The maximum absolute atomic E-state index is 13.1. The van der Waals surface area contributed by atoms with E-state index in [1.54, 1.807) is 12.1 Å². The van der Waals surface area contributed by atoms with Gasteiger partial charge in [0.15, 0.2) is 0 Å². The number of halogens is 1. The van der Waals surface area contributed by atoms with Crippen LogP contribution in [0.1, 0.15) is 31.2 Å². The van der Waals surface area contributed by atoms with Gasteiger partial charge in [-0.2, -0.15) is 0 Å². The molecule has 1 aromatic carbocycles. The molecule has 7 nitrogen and oxygen atoms in total. The molecule has 4 unspecified atom stereocenters. The lowest BCUT2D eigenvalue weighted by Crippen LogP contribution is -2.63. The molecule has 1 aliphatic heterocycles. The van der Waals surface area contributed by atoms with Crippen molar-refractivity contribution in [1.82, 2.24) is 15.5 Å². The predicted molar refractivity (Wildman–Crippen MR) is 101 cm³/mol. The molecular weight excluding hydrogens is 365 g/mol. The van der Waals surface area contributed by atoms with E-state index in [2.05, 4.69) is 10.6 Å². The van der Waals surface area contributed by atoms with Gasteiger partial charge in [-0.25, -0.2) is 9.18 Å². The van der Waals surface area contributed by atoms with Crippen molar-refractivity contribution in [1.29, 1.82) is 0 Å². The molecule has 4 atom stereocenters. The van der Waals surface area contributed by atoms with Gasteiger partial charge in [-0.1, -0.05) is 25.0 Å². The van der Waals surface area contributed by atoms with Gasteiger partial charge in [-0.3, -0.25) is 9.69 Å². The Bertz CT molecular complexity index is 685. The van der Waals surface area contributed by atoms with Crippen LogP contribution in [0, 0.1) is 11.7 Å². The van der Waals surface area contributed by atoms with Crippen molar-refractivity contribution in [2.45, 2.75) is 50.2 Å². The first-order chi connectivity index (χ1) is 13.5. The van der Waals surface area contributed by atoms with Crippen molar-refractivity contribution in [3.63, 3.8) is 0 Å². The summed E-state index contributed by atoms with van der Waals surface area (Å²) in [6.45, 7) is 0.840. The van der Waals surface area contributed by atoms with Gasteiger partial charge in [0, 0.05) is 25.2 Å². The molecule has 2 amide bonds. The van der Waals surface area contributed by atoms with Crippen molar-refractivity contribution in [3.05, 3.63) is 35.6 Å². The minimum absolute atomic E-state index is 0.108. The first kappa shape index (κ1) is 20.5. The molecule has 1 aliphatic carbocycles. The van der Waals surface area contributed by atoms with Crippen LogP contribution in [0.15, 0.2) is 24.3 Å². The summed E-state index contributed by atoms with van der Waals surface area (Å²) in [5, 5.41) is 24.4. The SMILES string of the molecule is O=C(O)NC1CCCCC1CN1CC(Cc2ccc(F)cc2)NC(=O)C1CO. The number of piperazine rings is 1. The number of aliphatic hydroxyl groups excluding tert-OH is 1. The quantitative estimate of drug-likeness (QED) is 0.585. The molecule has 0 spiro atoms. The van der Waals surface area contributed by atoms with E-state index in [4.69, 9.17) is 5.11 Å². The molecule has 1 saturated heterocycles. The summed E-state index contributed by atoms with van der Waals surface area (Å²) in [4.78, 5) is 25.6. The van der Waals surface area contributed by atoms with Gasteiger partial charge in [0.1, 0.15) is 11.9 Å². The number of nitrogens with one attached hydrogen (secondary N) is 2. The van der Waals surface area contributed by atoms with Crippen LogP contribution in [0.3, 0.4) is 0 Å². The van der Waals surface area contributed by atoms with E-state index in [0.29, 0.717) is 19.5 Å². The van der Waals surface area contributed by atoms with E-state index in [1.807, 2.05) is 4.90 Å². The third-order valence-corrected chi connectivity index (χ3v) is 5.80. The average molecular weight is 393 g/mol. The number of rotatable bonds is 6. The Morgan fingerprint density at radius 1 is 1.25 bits per heavy atom. The second kappa shape index (κ2) is 9.34. The normalized spacial score (nSPS) is 28.6. The van der Waals surface area contributed by atoms with Crippen LogP contribution >= 0.6 is 0 Å². The molecule has 8 heteroatoms. The Hall–Kier alpha value is -2.19. The van der Waals surface area contributed by atoms with Crippen molar-refractivity contribution in [2.24, 2.45) is 5.92 Å². The highest BCUT2D eigenvalue weighted by Gasteiger charge is 2.37. The third-order valence-electron chi connectivity index (χ3n) is 5.80. The number of amides is 2. The maximum Gasteiger partial charge on any atom is 0.404 e. The Labute approximate surface area is 163 Å². The van der Waals surface area contributed by atoms with Crippen LogP contribution in [0.25, 0.3) is 0 Å². The van der Waals surface area contributed by atoms with Gasteiger partial charge in [0.25, 0.3) is 0 Å². The molecule has 2 fully saturated rings. The highest BCUT2D eigenvalue weighted by Crippen LogP contribution is 2.27. The number of nitrogens with zero attached hydrogens (tertiary/aromatic N) is 1. The second-order valence-corrected chi connectivity index (χ2v) is 7.79. The summed E-state index contributed by atoms with van der Waals surface area (Å²) in [6, 6.07) is 5.31. The molecule has 1 aromatic rings. The van der Waals surface area contributed by atoms with E-state index in [0.717, 1.165) is 31.2 Å². The van der Waals surface area contributed by atoms with E-state index < -0.39 is 12.1 Å². The highest BCUT2D eigenvalue weighted by atomic mass is 19.1. The number of hydrogen-bond acceptors (Lipinski definition) is 4. The van der Waals surface area contributed by atoms with Crippen LogP contribution in [0.5, 0.6) is 0 Å². The molecule has 0 aromatic heterocycles. The topological polar surface area (TPSA) is 102 Å². The molecule has 1 saturated carbocycles. The summed E-state index contributed by atoms with van der Waals surface area (Å²) in [7, 11) is 0. The summed E-state index contributed by atoms with van der Waals surface area (Å²) in [6.07, 6.45) is 3.25. The minimum Gasteiger partial charge on any atom is -0.465 e. The number of hydrogen-bond donors (Lipinski definition) is 4. The Kier molecular flexibility index (Phi) is 6.85. The van der Waals surface area contributed by atoms with Gasteiger partial charge >= 0.3 is 6.09 Å². The lowest BCUT2D eigenvalue weighted by molar-refractivity contribution is -0.133. The zero-order chi connectivity index (χ0) is 20.1. The fraction of sp³-hybridized carbons (Fsp3) is 0.600. The number of carbonyl (C=O) groups is 2. The van der Waals surface area contributed by atoms with Crippen LogP contribution in [-0.4, -0.2) is 64.9 Å². The molecular formula is C20H28FN3O4. The third kappa shape index (κ3) is 5.20. The van der Waals surface area contributed by atoms with Crippen LogP contribution < -0.4 is 10.6 Å². The number of carboxylic acid groups (broad SMARTS) is 1. The van der Waals surface area contributed by atoms with E-state index in [1.165, 1.54) is 12.1 Å². The van der Waals surface area contributed by atoms with Gasteiger partial charge in [0.05, 0.1) is 6.61 Å². The van der Waals surface area contributed by atoms with Crippen molar-refractivity contribution >= 4 is 12.0 Å². The van der Waals surface area contributed by atoms with E-state index in [9.17, 15) is 19.1 Å². The van der Waals surface area contributed by atoms with Crippen LogP contribution in [0.4, 0.5) is 9.18 Å². The Morgan fingerprint density at radius 2 is 1.96 bits per heavy atom. The largest absolute Gasteiger partial charge is 0.465 e. The minimum atomic E-state index is -1.03. The van der Waals surface area contributed by atoms with Crippen molar-refractivity contribution < 1.29 is 24.2 Å². The highest BCUT2D eigenvalue weighted by molar-refractivity contribution is 5.83. The second-order valence-electron chi connectivity index (χ2n) is 7.79. The lowest BCUT2D eigenvalue weighted by atomic mass is 9.83. The fourth-order valence-corrected chi connectivity index (χ4v) is 4.42. The first-order valence-corrected chi connectivity index (χ1v) is 9.85. The zero-order valence-electron chi connectivity index (χ0n) is 15.8. The predicted octanol–water partition coefficient (Wildman–Crippen LogP) is 1.36. The van der Waals surface area contributed by atoms with E-state index >= 15 is 0 Å². The molecule has 3 rings (SSSR count). The van der Waals surface area contributed by atoms with Gasteiger partial charge in [-0.15, -0.1) is 0 Å². The van der Waals surface area contributed by atoms with Crippen LogP contribution in [0.2, 0.25) is 0 Å². The van der Waals surface area contributed by atoms with Gasteiger partial charge in [0.2, 0.25) is 5.91 Å². The summed E-state index contributed by atoms with van der Waals surface area (Å²) in [5.74, 6) is -0.414.